The van der Waals surface area contributed by atoms with Crippen molar-refractivity contribution in [1.82, 2.24) is 0 Å². The number of rotatable bonds is 3. The van der Waals surface area contributed by atoms with Crippen molar-refractivity contribution in [2.45, 2.75) is 45.4 Å². The maximum absolute atomic E-state index is 11.1. The third-order valence-electron chi connectivity index (χ3n) is 3.62. The van der Waals surface area contributed by atoms with Gasteiger partial charge in [0, 0.05) is 5.92 Å². The van der Waals surface area contributed by atoms with Crippen LogP contribution in [0.4, 0.5) is 0 Å². The number of hydrogen-bond acceptors (Lipinski definition) is 1. The van der Waals surface area contributed by atoms with E-state index in [1.54, 1.807) is 0 Å². The van der Waals surface area contributed by atoms with E-state index < -0.39 is 0 Å². The van der Waals surface area contributed by atoms with Crippen LogP contribution in [0.3, 0.4) is 0 Å². The molecule has 0 amide bonds. The topological polar surface area (TPSA) is 17.1 Å². The van der Waals surface area contributed by atoms with E-state index in [0.717, 1.165) is 6.29 Å². The van der Waals surface area contributed by atoms with Crippen LogP contribution in [0.1, 0.15) is 49.3 Å². The van der Waals surface area contributed by atoms with Crippen LogP contribution in [0.25, 0.3) is 0 Å². The molecule has 0 N–H and O–H groups in total. The van der Waals surface area contributed by atoms with Gasteiger partial charge in [0.1, 0.15) is 6.29 Å². The molecule has 1 aliphatic rings. The summed E-state index contributed by atoms with van der Waals surface area (Å²) in [7, 11) is 0. The maximum atomic E-state index is 11.1. The van der Waals surface area contributed by atoms with E-state index in [-0.39, 0.29) is 5.92 Å². The van der Waals surface area contributed by atoms with Gasteiger partial charge < -0.3 is 4.79 Å². The summed E-state index contributed by atoms with van der Waals surface area (Å²) in [6, 6.07) is 6.62. The lowest BCUT2D eigenvalue weighted by molar-refractivity contribution is -0.109. The molecule has 16 heavy (non-hydrogen) atoms. The second-order valence-electron chi connectivity index (χ2n) is 5.14. The molecule has 0 aromatic heterocycles. The lowest BCUT2D eigenvalue weighted by Gasteiger charge is -2.20. The third kappa shape index (κ3) is 2.18. The van der Waals surface area contributed by atoms with Gasteiger partial charge in [-0.3, -0.25) is 0 Å². The number of carbonyl (C=O) groups excluding carboxylic acids is 1. The molecular formula is C15H20O. The van der Waals surface area contributed by atoms with Gasteiger partial charge in [0.25, 0.3) is 0 Å². The van der Waals surface area contributed by atoms with Crippen molar-refractivity contribution in [2.75, 3.05) is 0 Å². The minimum absolute atomic E-state index is 0.0622. The third-order valence-corrected chi connectivity index (χ3v) is 3.62. The second kappa shape index (κ2) is 4.82. The molecule has 0 aliphatic heterocycles. The van der Waals surface area contributed by atoms with E-state index in [2.05, 4.69) is 32.0 Å². The summed E-state index contributed by atoms with van der Waals surface area (Å²) in [6.45, 7) is 4.22. The Morgan fingerprint density at radius 1 is 1.12 bits per heavy atom. The zero-order chi connectivity index (χ0) is 11.5. The van der Waals surface area contributed by atoms with Crippen molar-refractivity contribution >= 4 is 6.29 Å². The molecule has 0 fully saturated rings. The lowest BCUT2D eigenvalue weighted by Crippen LogP contribution is -2.10. The fourth-order valence-corrected chi connectivity index (χ4v) is 2.58. The summed E-state index contributed by atoms with van der Waals surface area (Å²) in [4.78, 5) is 11.1. The van der Waals surface area contributed by atoms with E-state index in [9.17, 15) is 4.79 Å². The number of aryl methyl sites for hydroxylation is 2. The Hall–Kier alpha value is -1.11. The quantitative estimate of drug-likeness (QED) is 0.707. The smallest absolute Gasteiger partial charge is 0.127 e. The van der Waals surface area contributed by atoms with Gasteiger partial charge in [-0.15, -0.1) is 0 Å². The molecule has 0 bridgehead atoms. The van der Waals surface area contributed by atoms with Gasteiger partial charge >= 0.3 is 0 Å². The van der Waals surface area contributed by atoms with Crippen LogP contribution in [0, 0.1) is 5.92 Å². The first-order valence-corrected chi connectivity index (χ1v) is 6.29. The Labute approximate surface area is 97.9 Å². The zero-order valence-corrected chi connectivity index (χ0v) is 10.2. The Bertz CT molecular complexity index is 379. The summed E-state index contributed by atoms with van der Waals surface area (Å²) in [6.07, 6.45) is 6.10. The summed E-state index contributed by atoms with van der Waals surface area (Å²) < 4.78 is 0. The van der Waals surface area contributed by atoms with E-state index in [1.165, 1.54) is 42.4 Å². The summed E-state index contributed by atoms with van der Waals surface area (Å²) in [5, 5.41) is 0. The fourth-order valence-electron chi connectivity index (χ4n) is 2.58. The molecule has 1 aromatic carbocycles. The van der Waals surface area contributed by atoms with Crippen LogP contribution < -0.4 is 0 Å². The molecule has 1 aliphatic carbocycles. The highest BCUT2D eigenvalue weighted by molar-refractivity contribution is 5.63. The van der Waals surface area contributed by atoms with Crippen molar-refractivity contribution < 1.29 is 4.79 Å². The summed E-state index contributed by atoms with van der Waals surface area (Å²) in [5.74, 6) is 0.450. The molecule has 1 nitrogen and oxygen atoms in total. The number of fused-ring (bicyclic) bond motifs is 1. The second-order valence-corrected chi connectivity index (χ2v) is 5.14. The average Bonchev–Trinajstić information content (AvgIpc) is 2.29. The van der Waals surface area contributed by atoms with Crippen LogP contribution in [-0.4, -0.2) is 6.29 Å². The molecule has 0 heterocycles. The van der Waals surface area contributed by atoms with Crippen LogP contribution >= 0.6 is 0 Å². The van der Waals surface area contributed by atoms with Gasteiger partial charge in [0.05, 0.1) is 0 Å². The van der Waals surface area contributed by atoms with Gasteiger partial charge in [0.15, 0.2) is 0 Å². The van der Waals surface area contributed by atoms with E-state index in [1.807, 2.05) is 0 Å². The molecule has 0 saturated heterocycles. The van der Waals surface area contributed by atoms with Gasteiger partial charge in [-0.25, -0.2) is 0 Å². The first kappa shape index (κ1) is 11.4. The van der Waals surface area contributed by atoms with Crippen molar-refractivity contribution in [3.8, 4) is 0 Å². The first-order chi connectivity index (χ1) is 7.72. The van der Waals surface area contributed by atoms with Crippen molar-refractivity contribution in [3.05, 3.63) is 34.9 Å². The standard InChI is InChI=1S/C15H20O/c1-11(2)15(10-16)14-8-7-12-5-3-4-6-13(12)9-14/h7-11,15H,3-6H2,1-2H3. The van der Waals surface area contributed by atoms with Gasteiger partial charge in [-0.2, -0.15) is 0 Å². The highest BCUT2D eigenvalue weighted by Crippen LogP contribution is 2.28. The molecule has 86 valence electrons. The molecule has 1 aromatic rings. The molecule has 1 atom stereocenters. The Balaban J connectivity index is 2.32. The monoisotopic (exact) mass is 216 g/mol. The zero-order valence-electron chi connectivity index (χ0n) is 10.2. The fraction of sp³-hybridized carbons (Fsp3) is 0.533. The highest BCUT2D eigenvalue weighted by Gasteiger charge is 2.17. The van der Waals surface area contributed by atoms with E-state index >= 15 is 0 Å². The largest absolute Gasteiger partial charge is 0.303 e. The Morgan fingerprint density at radius 2 is 1.81 bits per heavy atom. The summed E-state index contributed by atoms with van der Waals surface area (Å²) >= 11 is 0. The molecule has 2 rings (SSSR count). The van der Waals surface area contributed by atoms with Gasteiger partial charge in [0.2, 0.25) is 0 Å². The first-order valence-electron chi connectivity index (χ1n) is 6.29. The van der Waals surface area contributed by atoms with Crippen molar-refractivity contribution in [2.24, 2.45) is 5.92 Å². The van der Waals surface area contributed by atoms with Crippen molar-refractivity contribution in [1.29, 1.82) is 0 Å². The number of carbonyl (C=O) groups is 1. The van der Waals surface area contributed by atoms with Crippen LogP contribution in [0.5, 0.6) is 0 Å². The Morgan fingerprint density at radius 3 is 2.44 bits per heavy atom. The molecule has 0 radical (unpaired) electrons. The summed E-state index contributed by atoms with van der Waals surface area (Å²) in [5.41, 5.74) is 4.16. The van der Waals surface area contributed by atoms with Crippen molar-refractivity contribution in [3.63, 3.8) is 0 Å². The lowest BCUT2D eigenvalue weighted by atomic mass is 9.84. The van der Waals surface area contributed by atoms with Gasteiger partial charge in [-0.05, 0) is 48.3 Å². The van der Waals surface area contributed by atoms with Crippen LogP contribution in [0.2, 0.25) is 0 Å². The average molecular weight is 216 g/mol. The van der Waals surface area contributed by atoms with Crippen LogP contribution in [0.15, 0.2) is 18.2 Å². The van der Waals surface area contributed by atoms with Gasteiger partial charge in [-0.1, -0.05) is 32.0 Å². The van der Waals surface area contributed by atoms with Crippen LogP contribution in [-0.2, 0) is 17.6 Å². The SMILES string of the molecule is CC(C)C(C=O)c1ccc2c(c1)CCCC2. The molecule has 0 spiro atoms. The minimum Gasteiger partial charge on any atom is -0.303 e. The maximum Gasteiger partial charge on any atom is 0.127 e. The van der Waals surface area contributed by atoms with E-state index in [4.69, 9.17) is 0 Å². The molecular weight excluding hydrogens is 196 g/mol. The highest BCUT2D eigenvalue weighted by atomic mass is 16.1. The van der Waals surface area contributed by atoms with E-state index in [0.29, 0.717) is 5.92 Å². The predicted octanol–water partition coefficient (Wildman–Crippen LogP) is 3.50. The number of benzene rings is 1. The minimum atomic E-state index is 0.0622. The predicted molar refractivity (Wildman–Crippen MR) is 66.7 cm³/mol. The molecule has 0 saturated carbocycles. The molecule has 1 heteroatoms. The Kier molecular flexibility index (Phi) is 3.42. The number of aldehydes is 1. The molecule has 1 unspecified atom stereocenters. The normalized spacial score (nSPS) is 16.9. The number of hydrogen-bond donors (Lipinski definition) is 0.